The average molecular weight is 263 g/mol. The van der Waals surface area contributed by atoms with Crippen molar-refractivity contribution in [2.24, 2.45) is 5.73 Å². The van der Waals surface area contributed by atoms with Crippen LogP contribution < -0.4 is 5.73 Å². The third-order valence-electron chi connectivity index (χ3n) is 3.32. The van der Waals surface area contributed by atoms with E-state index in [4.69, 9.17) is 5.73 Å². The van der Waals surface area contributed by atoms with Crippen molar-refractivity contribution in [3.63, 3.8) is 0 Å². The summed E-state index contributed by atoms with van der Waals surface area (Å²) in [6, 6.07) is 18.5. The Balaban J connectivity index is 1.77. The molecule has 1 heterocycles. The van der Waals surface area contributed by atoms with Gasteiger partial charge < -0.3 is 10.7 Å². The molecule has 0 radical (unpaired) electrons. The minimum atomic E-state index is 0.584. The number of aromatic nitrogens is 2. The lowest BCUT2D eigenvalue weighted by molar-refractivity contribution is 1.05. The predicted molar refractivity (Wildman–Crippen MR) is 81.2 cm³/mol. The number of aromatic amines is 1. The first-order valence-electron chi connectivity index (χ1n) is 6.73. The first-order chi connectivity index (χ1) is 9.85. The Kier molecular flexibility index (Phi) is 3.61. The van der Waals surface area contributed by atoms with E-state index in [2.05, 4.69) is 46.4 Å². The second-order valence-corrected chi connectivity index (χ2v) is 4.80. The molecule has 0 aliphatic rings. The van der Waals surface area contributed by atoms with Crippen molar-refractivity contribution in [3.05, 3.63) is 77.6 Å². The number of hydrogen-bond donors (Lipinski definition) is 2. The summed E-state index contributed by atoms with van der Waals surface area (Å²) < 4.78 is 0. The van der Waals surface area contributed by atoms with Crippen LogP contribution in [0, 0.1) is 0 Å². The molecule has 1 aromatic heterocycles. The van der Waals surface area contributed by atoms with Gasteiger partial charge in [0, 0.05) is 24.7 Å². The average Bonchev–Trinajstić information content (AvgIpc) is 2.97. The standard InChI is InChI=1S/C17H17N3/c18-11-14-8-6-13(7-9-14)10-16-12-19-17(20-16)15-4-2-1-3-5-15/h1-9,12H,10-11,18H2,(H,19,20). The summed E-state index contributed by atoms with van der Waals surface area (Å²) in [4.78, 5) is 7.87. The van der Waals surface area contributed by atoms with E-state index in [0.29, 0.717) is 6.54 Å². The second-order valence-electron chi connectivity index (χ2n) is 4.80. The van der Waals surface area contributed by atoms with Gasteiger partial charge in [-0.15, -0.1) is 0 Å². The SMILES string of the molecule is NCc1ccc(Cc2c[nH]c(-c3ccccc3)n2)cc1. The van der Waals surface area contributed by atoms with Crippen molar-refractivity contribution >= 4 is 0 Å². The van der Waals surface area contributed by atoms with Gasteiger partial charge in [0.2, 0.25) is 0 Å². The fraction of sp³-hybridized carbons (Fsp3) is 0.118. The molecule has 100 valence electrons. The van der Waals surface area contributed by atoms with E-state index in [1.807, 2.05) is 24.4 Å². The smallest absolute Gasteiger partial charge is 0.137 e. The van der Waals surface area contributed by atoms with Crippen molar-refractivity contribution in [1.82, 2.24) is 9.97 Å². The Labute approximate surface area is 118 Å². The van der Waals surface area contributed by atoms with Crippen LogP contribution in [-0.4, -0.2) is 9.97 Å². The number of rotatable bonds is 4. The second kappa shape index (κ2) is 5.72. The molecule has 0 fully saturated rings. The molecule has 0 amide bonds. The van der Waals surface area contributed by atoms with Gasteiger partial charge in [0.05, 0.1) is 5.69 Å². The predicted octanol–water partition coefficient (Wildman–Crippen LogP) is 3.13. The Morgan fingerprint density at radius 3 is 2.30 bits per heavy atom. The Hall–Kier alpha value is -2.39. The summed E-state index contributed by atoms with van der Waals surface area (Å²) >= 11 is 0. The molecule has 0 aliphatic carbocycles. The quantitative estimate of drug-likeness (QED) is 0.760. The minimum Gasteiger partial charge on any atom is -0.344 e. The number of nitrogens with two attached hydrogens (primary N) is 1. The summed E-state index contributed by atoms with van der Waals surface area (Å²) in [6.07, 6.45) is 2.80. The molecule has 0 saturated heterocycles. The highest BCUT2D eigenvalue weighted by molar-refractivity contribution is 5.54. The van der Waals surface area contributed by atoms with Crippen LogP contribution in [0.1, 0.15) is 16.8 Å². The molecule has 2 aromatic carbocycles. The van der Waals surface area contributed by atoms with E-state index in [1.54, 1.807) is 0 Å². The number of nitrogens with zero attached hydrogens (tertiary/aromatic N) is 1. The first-order valence-corrected chi connectivity index (χ1v) is 6.73. The molecular formula is C17H17N3. The number of hydrogen-bond acceptors (Lipinski definition) is 2. The van der Waals surface area contributed by atoms with E-state index < -0.39 is 0 Å². The Morgan fingerprint density at radius 2 is 1.60 bits per heavy atom. The van der Waals surface area contributed by atoms with Crippen LogP contribution in [-0.2, 0) is 13.0 Å². The molecule has 0 atom stereocenters. The summed E-state index contributed by atoms with van der Waals surface area (Å²) in [5.41, 5.74) is 10.2. The molecule has 0 aliphatic heterocycles. The van der Waals surface area contributed by atoms with Crippen molar-refractivity contribution < 1.29 is 0 Å². The van der Waals surface area contributed by atoms with E-state index in [9.17, 15) is 0 Å². The third kappa shape index (κ3) is 2.78. The number of imidazole rings is 1. The minimum absolute atomic E-state index is 0.584. The van der Waals surface area contributed by atoms with E-state index in [0.717, 1.165) is 29.1 Å². The van der Waals surface area contributed by atoms with Gasteiger partial charge in [-0.25, -0.2) is 4.98 Å². The fourth-order valence-corrected chi connectivity index (χ4v) is 2.20. The van der Waals surface area contributed by atoms with Crippen LogP contribution in [0.5, 0.6) is 0 Å². The molecule has 3 nitrogen and oxygen atoms in total. The number of benzene rings is 2. The maximum absolute atomic E-state index is 5.60. The van der Waals surface area contributed by atoms with Crippen LogP contribution in [0.3, 0.4) is 0 Å². The van der Waals surface area contributed by atoms with Crippen molar-refractivity contribution in [1.29, 1.82) is 0 Å². The largest absolute Gasteiger partial charge is 0.344 e. The van der Waals surface area contributed by atoms with Gasteiger partial charge in [-0.3, -0.25) is 0 Å². The zero-order valence-electron chi connectivity index (χ0n) is 11.2. The lowest BCUT2D eigenvalue weighted by Crippen LogP contribution is -1.96. The van der Waals surface area contributed by atoms with Crippen LogP contribution in [0.25, 0.3) is 11.4 Å². The molecule has 0 unspecified atom stereocenters. The van der Waals surface area contributed by atoms with Crippen molar-refractivity contribution in [3.8, 4) is 11.4 Å². The van der Waals surface area contributed by atoms with Gasteiger partial charge in [-0.1, -0.05) is 54.6 Å². The van der Waals surface area contributed by atoms with Gasteiger partial charge in [0.1, 0.15) is 5.82 Å². The molecular weight excluding hydrogens is 246 g/mol. The summed E-state index contributed by atoms with van der Waals surface area (Å²) in [5, 5.41) is 0. The highest BCUT2D eigenvalue weighted by Gasteiger charge is 2.04. The van der Waals surface area contributed by atoms with Crippen LogP contribution >= 0.6 is 0 Å². The highest BCUT2D eigenvalue weighted by Crippen LogP contribution is 2.16. The molecule has 3 rings (SSSR count). The van der Waals surface area contributed by atoms with E-state index in [1.165, 1.54) is 5.56 Å². The first kappa shape index (κ1) is 12.6. The Morgan fingerprint density at radius 1 is 0.900 bits per heavy atom. The van der Waals surface area contributed by atoms with Crippen LogP contribution in [0.15, 0.2) is 60.8 Å². The van der Waals surface area contributed by atoms with Gasteiger partial charge >= 0.3 is 0 Å². The van der Waals surface area contributed by atoms with Gasteiger partial charge in [0.25, 0.3) is 0 Å². The molecule has 20 heavy (non-hydrogen) atoms. The van der Waals surface area contributed by atoms with Crippen LogP contribution in [0.2, 0.25) is 0 Å². The summed E-state index contributed by atoms with van der Waals surface area (Å²) in [5.74, 6) is 0.916. The van der Waals surface area contributed by atoms with Crippen molar-refractivity contribution in [2.45, 2.75) is 13.0 Å². The molecule has 3 heteroatoms. The molecule has 3 aromatic rings. The number of nitrogens with one attached hydrogen (secondary N) is 1. The molecule has 0 saturated carbocycles. The molecule has 0 bridgehead atoms. The molecule has 3 N–H and O–H groups in total. The zero-order valence-corrected chi connectivity index (χ0v) is 11.2. The zero-order chi connectivity index (χ0) is 13.8. The fourth-order valence-electron chi connectivity index (χ4n) is 2.20. The number of H-pyrrole nitrogens is 1. The topological polar surface area (TPSA) is 54.7 Å². The molecule has 0 spiro atoms. The van der Waals surface area contributed by atoms with E-state index >= 15 is 0 Å². The van der Waals surface area contributed by atoms with E-state index in [-0.39, 0.29) is 0 Å². The van der Waals surface area contributed by atoms with Crippen LogP contribution in [0.4, 0.5) is 0 Å². The maximum atomic E-state index is 5.60. The normalized spacial score (nSPS) is 10.7. The monoisotopic (exact) mass is 263 g/mol. The Bertz CT molecular complexity index is 669. The maximum Gasteiger partial charge on any atom is 0.137 e. The summed E-state index contributed by atoms with van der Waals surface area (Å²) in [7, 11) is 0. The third-order valence-corrected chi connectivity index (χ3v) is 3.32. The lowest BCUT2D eigenvalue weighted by Gasteiger charge is -2.00. The van der Waals surface area contributed by atoms with Gasteiger partial charge in [-0.2, -0.15) is 0 Å². The lowest BCUT2D eigenvalue weighted by atomic mass is 10.1. The van der Waals surface area contributed by atoms with Gasteiger partial charge in [0.15, 0.2) is 0 Å². The summed E-state index contributed by atoms with van der Waals surface area (Å²) in [6.45, 7) is 0.584. The van der Waals surface area contributed by atoms with Gasteiger partial charge in [-0.05, 0) is 11.1 Å². The van der Waals surface area contributed by atoms with Crippen molar-refractivity contribution in [2.75, 3.05) is 0 Å². The highest BCUT2D eigenvalue weighted by atomic mass is 14.9.